The summed E-state index contributed by atoms with van der Waals surface area (Å²) >= 11 is 0. The maximum absolute atomic E-state index is 14.9. The van der Waals surface area contributed by atoms with Crippen LogP contribution in [0, 0.1) is 27.3 Å². The van der Waals surface area contributed by atoms with Crippen LogP contribution >= 0.6 is 0 Å². The maximum Gasteiger partial charge on any atom is 0.312 e. The number of nitrogens with zero attached hydrogens (tertiary/aromatic N) is 6. The van der Waals surface area contributed by atoms with Crippen molar-refractivity contribution in [3.63, 3.8) is 0 Å². The Balaban J connectivity index is 0.938. The Morgan fingerprint density at radius 2 is 1.75 bits per heavy atom. The number of pyridine rings is 2. The number of halogens is 1. The number of aliphatic hydroxyl groups is 1. The van der Waals surface area contributed by atoms with Gasteiger partial charge in [-0.25, -0.2) is 22.5 Å². The second-order valence-corrected chi connectivity index (χ2v) is 22.9. The molecule has 2 saturated heterocycles. The topological polar surface area (TPSA) is 208 Å². The Labute approximate surface area is 421 Å². The molecule has 1 atom stereocenters. The minimum Gasteiger partial charge on any atom is -0.475 e. The zero-order chi connectivity index (χ0) is 51.1. The summed E-state index contributed by atoms with van der Waals surface area (Å²) in [5.41, 5.74) is 2.53. The van der Waals surface area contributed by atoms with Crippen molar-refractivity contribution in [2.24, 2.45) is 11.3 Å². The van der Waals surface area contributed by atoms with E-state index in [2.05, 4.69) is 91.7 Å². The molecule has 0 bridgehead atoms. The first-order valence-electron chi connectivity index (χ1n) is 25.5. The second-order valence-electron chi connectivity index (χ2n) is 21.3. The number of aromatic amines is 1. The van der Waals surface area contributed by atoms with E-state index in [9.17, 15) is 32.8 Å². The highest BCUT2D eigenvalue weighted by Gasteiger charge is 2.50. The summed E-state index contributed by atoms with van der Waals surface area (Å²) in [4.78, 5) is 44.0. The lowest BCUT2D eigenvalue weighted by Gasteiger charge is -2.58. The third-order valence-corrected chi connectivity index (χ3v) is 17.0. The lowest BCUT2D eigenvalue weighted by Crippen LogP contribution is -2.60. The predicted octanol–water partition coefficient (Wildman–Crippen LogP) is 9.31. The van der Waals surface area contributed by atoms with Crippen LogP contribution in [-0.2, 0) is 10.0 Å². The quantitative estimate of drug-likeness (QED) is 0.0537. The Morgan fingerprint density at radius 1 is 1.01 bits per heavy atom. The van der Waals surface area contributed by atoms with E-state index in [1.54, 1.807) is 26.0 Å². The number of piperazine rings is 1. The third kappa shape index (κ3) is 10.8. The van der Waals surface area contributed by atoms with E-state index in [-0.39, 0.29) is 57.7 Å². The summed E-state index contributed by atoms with van der Waals surface area (Å²) in [6.07, 6.45) is 8.94. The fourth-order valence-corrected chi connectivity index (χ4v) is 12.3. The molecule has 5 heterocycles. The molecule has 4 aliphatic rings. The summed E-state index contributed by atoms with van der Waals surface area (Å²) in [6, 6.07) is 17.4. The number of hydrogen-bond acceptors (Lipinski definition) is 14. The molecule has 386 valence electrons. The van der Waals surface area contributed by atoms with Crippen molar-refractivity contribution in [3.8, 4) is 17.4 Å². The summed E-state index contributed by atoms with van der Waals surface area (Å²) in [6.45, 7) is 17.8. The number of fused-ring (bicyclic) bond motifs is 1. The van der Waals surface area contributed by atoms with Gasteiger partial charge >= 0.3 is 5.69 Å². The van der Waals surface area contributed by atoms with Crippen LogP contribution in [0.1, 0.15) is 126 Å². The number of hydrogen-bond donors (Lipinski definition) is 4. The van der Waals surface area contributed by atoms with Crippen LogP contribution in [0.3, 0.4) is 0 Å². The van der Waals surface area contributed by atoms with E-state index in [0.717, 1.165) is 82.6 Å². The minimum atomic E-state index is -4.73. The van der Waals surface area contributed by atoms with Gasteiger partial charge < -0.3 is 29.8 Å². The van der Waals surface area contributed by atoms with Crippen molar-refractivity contribution in [1.29, 1.82) is 0 Å². The first-order valence-corrected chi connectivity index (χ1v) is 26.9. The number of nitro groups is 1. The molecule has 9 rings (SSSR count). The van der Waals surface area contributed by atoms with E-state index >= 15 is 0 Å². The average molecular weight is 1010 g/mol. The first-order chi connectivity index (χ1) is 34.3. The molecule has 2 aromatic carbocycles. The molecule has 4 fully saturated rings. The zero-order valence-corrected chi connectivity index (χ0v) is 42.9. The van der Waals surface area contributed by atoms with Crippen LogP contribution in [0.25, 0.3) is 11.0 Å². The van der Waals surface area contributed by atoms with Gasteiger partial charge in [-0.05, 0) is 120 Å². The number of piperidine rings is 1. The lowest BCUT2D eigenvalue weighted by atomic mass is 9.59. The highest BCUT2D eigenvalue weighted by molar-refractivity contribution is 7.90. The van der Waals surface area contributed by atoms with Gasteiger partial charge in [0.1, 0.15) is 22.1 Å². The molecule has 2 aliphatic heterocycles. The Hall–Kier alpha value is -5.89. The monoisotopic (exact) mass is 1010 g/mol. The first kappa shape index (κ1) is 51.0. The van der Waals surface area contributed by atoms with E-state index in [4.69, 9.17) is 9.47 Å². The molecule has 1 spiro atoms. The number of H-pyrrole nitrogens is 1. The second kappa shape index (κ2) is 20.6. The number of carbonyl (C=O) groups is 1. The lowest BCUT2D eigenvalue weighted by molar-refractivity contribution is -0.384. The van der Waals surface area contributed by atoms with Crippen molar-refractivity contribution in [2.45, 2.75) is 127 Å². The fourth-order valence-electron chi connectivity index (χ4n) is 11.4. The van der Waals surface area contributed by atoms with Crippen LogP contribution in [0.4, 0.5) is 21.6 Å². The van der Waals surface area contributed by atoms with Crippen LogP contribution in [0.5, 0.6) is 17.4 Å². The van der Waals surface area contributed by atoms with Crippen molar-refractivity contribution < 1.29 is 37.1 Å². The minimum absolute atomic E-state index is 0.0000763. The summed E-state index contributed by atoms with van der Waals surface area (Å²) in [5.74, 6) is -1.21. The van der Waals surface area contributed by atoms with Crippen molar-refractivity contribution in [2.75, 3.05) is 56.1 Å². The van der Waals surface area contributed by atoms with E-state index < -0.39 is 42.9 Å². The molecule has 1 amide bonds. The number of carbonyl (C=O) groups excluding carboxylic acids is 1. The van der Waals surface area contributed by atoms with Crippen molar-refractivity contribution in [1.82, 2.24) is 29.5 Å². The smallest absolute Gasteiger partial charge is 0.312 e. The Bertz CT molecular complexity index is 2900. The van der Waals surface area contributed by atoms with Crippen LogP contribution in [-0.4, -0.2) is 113 Å². The summed E-state index contributed by atoms with van der Waals surface area (Å²) in [5, 5.41) is 25.7. The zero-order valence-electron chi connectivity index (χ0n) is 42.1. The number of benzene rings is 2. The van der Waals surface area contributed by atoms with Crippen LogP contribution in [0.15, 0.2) is 71.9 Å². The third-order valence-electron chi connectivity index (χ3n) is 15.7. The molecule has 17 nitrogen and oxygen atoms in total. The van der Waals surface area contributed by atoms with Crippen molar-refractivity contribution in [3.05, 3.63) is 99.6 Å². The van der Waals surface area contributed by atoms with Gasteiger partial charge in [0.2, 0.25) is 5.82 Å². The molecule has 0 unspecified atom stereocenters. The van der Waals surface area contributed by atoms with E-state index in [0.29, 0.717) is 56.3 Å². The molecule has 2 aliphatic carbocycles. The summed E-state index contributed by atoms with van der Waals surface area (Å²) in [7, 11) is -4.73. The van der Waals surface area contributed by atoms with Gasteiger partial charge in [-0.3, -0.25) is 24.7 Å². The normalized spacial score (nSPS) is 22.1. The number of amides is 1. The predicted molar refractivity (Wildman–Crippen MR) is 274 cm³/mol. The molecular weight excluding hydrogens is 942 g/mol. The number of sulfonamides is 1. The molecule has 5 aromatic rings. The van der Waals surface area contributed by atoms with Gasteiger partial charge in [-0.1, -0.05) is 38.1 Å². The molecule has 3 aromatic heterocycles. The summed E-state index contributed by atoms with van der Waals surface area (Å²) < 4.78 is 57.0. The highest BCUT2D eigenvalue weighted by atomic mass is 32.2. The van der Waals surface area contributed by atoms with Gasteiger partial charge in [0.15, 0.2) is 5.75 Å². The van der Waals surface area contributed by atoms with Crippen LogP contribution in [0.2, 0.25) is 0 Å². The van der Waals surface area contributed by atoms with Gasteiger partial charge in [-0.2, -0.15) is 4.98 Å². The van der Waals surface area contributed by atoms with Crippen molar-refractivity contribution >= 4 is 44.2 Å². The Morgan fingerprint density at radius 3 is 2.44 bits per heavy atom. The Kier molecular flexibility index (Phi) is 14.6. The average Bonchev–Trinajstić information content (AvgIpc) is 3.70. The number of rotatable bonds is 16. The SMILES string of the molecule is CCOc1nc2[nH]cc(F)c2cc1Oc1cc(N2CCC3(CC2)CC(N2CCN(C(C)C)C[C@H]2c2ccccc2C(C)C)C3)ccc1C(=O)NS(=O)(=O)c1cnc(NCC2CCC(C)(O)CC2)c([N+](=O)[O-])c1. The van der Waals surface area contributed by atoms with Gasteiger partial charge in [0.25, 0.3) is 21.8 Å². The van der Waals surface area contributed by atoms with Crippen LogP contribution < -0.4 is 24.4 Å². The van der Waals surface area contributed by atoms with Gasteiger partial charge in [0.05, 0.1) is 34.3 Å². The highest BCUT2D eigenvalue weighted by Crippen LogP contribution is 2.53. The molecule has 2 saturated carbocycles. The molecule has 4 N–H and O–H groups in total. The molecule has 72 heavy (non-hydrogen) atoms. The largest absolute Gasteiger partial charge is 0.475 e. The molecule has 0 radical (unpaired) electrons. The fraction of sp³-hybridized carbons (Fsp3) is 0.528. The van der Waals surface area contributed by atoms with Gasteiger partial charge in [-0.15, -0.1) is 0 Å². The van der Waals surface area contributed by atoms with Gasteiger partial charge in [0, 0.05) is 87.5 Å². The standard InChI is InChI=1S/C53H68FN9O8S/c1-7-70-51-47(26-42-43(54)31-57-48(42)58-51)71-46-24-36(12-13-41(46)50(64)59-72(68,69)38-25-44(63(66)67)49(56-30-38)55-29-35-14-16-52(6,65)17-15-35)60-20-18-53(19-21-60)27-37(28-53)62-23-22-61(34(4)5)32-45(62)40-11-9-8-10-39(40)33(2)3/h8-13,24-26,30-31,33-35,37,45,65H,7,14-23,27-29,32H2,1-6H3,(H,55,56)(H,57,58)(H,59,64)/t35?,45-,52?/m0/s1. The number of aromatic nitrogens is 3. The maximum atomic E-state index is 14.9. The number of nitrogens with one attached hydrogen (secondary N) is 3. The molecular formula is C53H68FN9O8S. The number of ether oxygens (including phenoxy) is 2. The van der Waals surface area contributed by atoms with E-state index in [1.807, 2.05) is 0 Å². The number of anilines is 2. The van der Waals surface area contributed by atoms with E-state index in [1.165, 1.54) is 23.3 Å². The molecule has 19 heteroatoms.